The number of ether oxygens (including phenoxy) is 3. The second-order valence-corrected chi connectivity index (χ2v) is 9.98. The minimum Gasteiger partial charge on any atom is -0.493 e. The third-order valence-electron chi connectivity index (χ3n) is 5.79. The monoisotopic (exact) mass is 496 g/mol. The van der Waals surface area contributed by atoms with Gasteiger partial charge in [-0.2, -0.15) is 4.31 Å². The minimum atomic E-state index is -3.72. The van der Waals surface area contributed by atoms with Crippen LogP contribution in [0.15, 0.2) is 21.6 Å². The Labute approximate surface area is 200 Å². The highest BCUT2D eigenvalue weighted by atomic mass is 32.2. The first-order chi connectivity index (χ1) is 16.1. The van der Waals surface area contributed by atoms with Crippen LogP contribution in [0.3, 0.4) is 0 Å². The Balaban J connectivity index is 1.60. The molecule has 0 spiro atoms. The zero-order valence-electron chi connectivity index (χ0n) is 20.5. The van der Waals surface area contributed by atoms with E-state index in [1.807, 2.05) is 18.0 Å². The highest BCUT2D eigenvalue weighted by Crippen LogP contribution is 2.40. The van der Waals surface area contributed by atoms with Crippen LogP contribution in [0.4, 0.5) is 0 Å². The fourth-order valence-electron chi connectivity index (χ4n) is 4.12. The average molecular weight is 497 g/mol. The summed E-state index contributed by atoms with van der Waals surface area (Å²) < 4.78 is 48.6. The first-order valence-electron chi connectivity index (χ1n) is 10.8. The fourth-order valence-corrected chi connectivity index (χ4v) is 5.83. The van der Waals surface area contributed by atoms with E-state index in [-0.39, 0.29) is 36.2 Å². The molecule has 2 heterocycles. The highest BCUT2D eigenvalue weighted by molar-refractivity contribution is 7.89. The zero-order chi connectivity index (χ0) is 25.0. The van der Waals surface area contributed by atoms with Gasteiger partial charge in [0.2, 0.25) is 21.7 Å². The van der Waals surface area contributed by atoms with E-state index in [0.29, 0.717) is 42.6 Å². The van der Waals surface area contributed by atoms with E-state index in [1.165, 1.54) is 4.31 Å². The van der Waals surface area contributed by atoms with Gasteiger partial charge < -0.3 is 23.6 Å². The van der Waals surface area contributed by atoms with Gasteiger partial charge >= 0.3 is 0 Å². The summed E-state index contributed by atoms with van der Waals surface area (Å²) in [6.07, 6.45) is 0. The normalized spacial score (nSPS) is 15.0. The number of likely N-dealkylation sites (N-methyl/N-ethyl adjacent to an activating group) is 1. The van der Waals surface area contributed by atoms with Gasteiger partial charge in [-0.15, -0.1) is 0 Å². The van der Waals surface area contributed by atoms with E-state index in [0.717, 1.165) is 5.56 Å². The summed E-state index contributed by atoms with van der Waals surface area (Å²) in [7, 11) is 2.78. The molecule has 12 heteroatoms. The maximum atomic E-state index is 13.0. The molecule has 0 saturated carbocycles. The molecule has 3 rings (SSSR count). The molecule has 11 nitrogen and oxygen atoms in total. The predicted molar refractivity (Wildman–Crippen MR) is 124 cm³/mol. The Morgan fingerprint density at radius 3 is 2.24 bits per heavy atom. The van der Waals surface area contributed by atoms with E-state index >= 15 is 0 Å². The molecule has 1 aromatic heterocycles. The van der Waals surface area contributed by atoms with Crippen molar-refractivity contribution in [2.24, 2.45) is 0 Å². The number of carbonyl (C=O) groups is 1. The predicted octanol–water partition coefficient (Wildman–Crippen LogP) is 1.28. The van der Waals surface area contributed by atoms with E-state index in [9.17, 15) is 13.2 Å². The molecule has 188 valence electrons. The van der Waals surface area contributed by atoms with Gasteiger partial charge in [-0.05, 0) is 27.0 Å². The summed E-state index contributed by atoms with van der Waals surface area (Å²) in [5.74, 6) is 1.81. The molecule has 1 aromatic carbocycles. The molecule has 34 heavy (non-hydrogen) atoms. The molecule has 0 unspecified atom stereocenters. The van der Waals surface area contributed by atoms with Gasteiger partial charge in [-0.25, -0.2) is 8.42 Å². The Kier molecular flexibility index (Phi) is 8.05. The number of rotatable bonds is 9. The molecule has 2 aromatic rings. The van der Waals surface area contributed by atoms with E-state index in [1.54, 1.807) is 46.1 Å². The zero-order valence-corrected chi connectivity index (χ0v) is 21.3. The maximum Gasteiger partial charge on any atom is 0.248 e. The number of aryl methyl sites for hydroxylation is 2. The largest absolute Gasteiger partial charge is 0.493 e. The first-order valence-corrected chi connectivity index (χ1v) is 12.2. The molecule has 1 amide bonds. The number of nitrogens with zero attached hydrogens (tertiary/aromatic N) is 4. The van der Waals surface area contributed by atoms with Crippen molar-refractivity contribution in [3.8, 4) is 17.2 Å². The van der Waals surface area contributed by atoms with Gasteiger partial charge in [0.05, 0.1) is 27.9 Å². The lowest BCUT2D eigenvalue weighted by atomic mass is 10.1. The topological polar surface area (TPSA) is 115 Å². The molecule has 1 fully saturated rings. The number of piperazine rings is 1. The summed E-state index contributed by atoms with van der Waals surface area (Å²) in [5.41, 5.74) is 1.19. The van der Waals surface area contributed by atoms with Gasteiger partial charge in [0.1, 0.15) is 10.6 Å². The summed E-state index contributed by atoms with van der Waals surface area (Å²) >= 11 is 0. The minimum absolute atomic E-state index is 0.0728. The molecule has 0 atom stereocenters. The molecule has 0 bridgehead atoms. The van der Waals surface area contributed by atoms with Crippen LogP contribution in [0.2, 0.25) is 0 Å². The van der Waals surface area contributed by atoms with Crippen molar-refractivity contribution in [3.63, 3.8) is 0 Å². The number of methoxy groups -OCH3 is 3. The molecule has 1 aliphatic heterocycles. The Morgan fingerprint density at radius 1 is 1.06 bits per heavy atom. The standard InChI is InChI=1S/C22H32N4O7S/c1-15-22(16(2)33-23-15)34(28,29)26-11-9-25(10-12-26)19(27)14-24(3)13-17-7-8-18(30-4)21(32-6)20(17)31-5/h7-8H,9-14H2,1-6H3. The third kappa shape index (κ3) is 5.13. The molecular formula is C22H32N4O7S. The van der Waals surface area contributed by atoms with Crippen molar-refractivity contribution in [1.82, 2.24) is 19.3 Å². The van der Waals surface area contributed by atoms with Crippen LogP contribution >= 0.6 is 0 Å². The number of hydrogen-bond acceptors (Lipinski definition) is 9. The second kappa shape index (κ2) is 10.6. The van der Waals surface area contributed by atoms with Crippen molar-refractivity contribution in [2.75, 3.05) is 61.1 Å². The molecule has 0 aliphatic carbocycles. The van der Waals surface area contributed by atoms with Crippen LogP contribution in [0.25, 0.3) is 0 Å². The van der Waals surface area contributed by atoms with Gasteiger partial charge in [-0.3, -0.25) is 9.69 Å². The van der Waals surface area contributed by atoms with Crippen LogP contribution in [0, 0.1) is 13.8 Å². The number of aromatic nitrogens is 1. The lowest BCUT2D eigenvalue weighted by Gasteiger charge is -2.34. The average Bonchev–Trinajstić information content (AvgIpc) is 3.17. The maximum absolute atomic E-state index is 13.0. The fraction of sp³-hybridized carbons (Fsp3) is 0.545. The van der Waals surface area contributed by atoms with Crippen molar-refractivity contribution in [1.29, 1.82) is 0 Å². The van der Waals surface area contributed by atoms with Crippen molar-refractivity contribution >= 4 is 15.9 Å². The smallest absolute Gasteiger partial charge is 0.248 e. The van der Waals surface area contributed by atoms with Crippen LogP contribution < -0.4 is 14.2 Å². The van der Waals surface area contributed by atoms with Gasteiger partial charge in [-0.1, -0.05) is 11.2 Å². The lowest BCUT2D eigenvalue weighted by molar-refractivity contribution is -0.133. The Hall–Kier alpha value is -2.83. The van der Waals surface area contributed by atoms with E-state index < -0.39 is 10.0 Å². The summed E-state index contributed by atoms with van der Waals surface area (Å²) in [6.45, 7) is 4.87. The van der Waals surface area contributed by atoms with Crippen LogP contribution in [0.1, 0.15) is 17.0 Å². The van der Waals surface area contributed by atoms with Crippen molar-refractivity contribution < 1.29 is 31.9 Å². The molecule has 0 N–H and O–H groups in total. The van der Waals surface area contributed by atoms with Crippen LogP contribution in [0.5, 0.6) is 17.2 Å². The van der Waals surface area contributed by atoms with Gasteiger partial charge in [0.15, 0.2) is 17.3 Å². The summed E-state index contributed by atoms with van der Waals surface area (Å²) in [6, 6.07) is 3.67. The third-order valence-corrected chi connectivity index (χ3v) is 7.93. The van der Waals surface area contributed by atoms with Crippen LogP contribution in [-0.4, -0.2) is 94.7 Å². The summed E-state index contributed by atoms with van der Waals surface area (Å²) in [4.78, 5) is 16.5. The number of benzene rings is 1. The van der Waals surface area contributed by atoms with Crippen molar-refractivity contribution in [3.05, 3.63) is 29.2 Å². The second-order valence-electron chi connectivity index (χ2n) is 8.10. The number of sulfonamides is 1. The van der Waals surface area contributed by atoms with Crippen molar-refractivity contribution in [2.45, 2.75) is 25.3 Å². The molecule has 1 saturated heterocycles. The Morgan fingerprint density at radius 2 is 1.71 bits per heavy atom. The lowest BCUT2D eigenvalue weighted by Crippen LogP contribution is -2.52. The van der Waals surface area contributed by atoms with E-state index in [4.69, 9.17) is 18.7 Å². The van der Waals surface area contributed by atoms with Crippen LogP contribution in [-0.2, 0) is 21.4 Å². The first kappa shape index (κ1) is 25.8. The van der Waals surface area contributed by atoms with E-state index in [2.05, 4.69) is 5.16 Å². The molecule has 1 aliphatic rings. The Bertz CT molecular complexity index is 1110. The molecule has 0 radical (unpaired) electrons. The summed E-state index contributed by atoms with van der Waals surface area (Å²) in [5, 5.41) is 3.75. The SMILES string of the molecule is COc1ccc(CN(C)CC(=O)N2CCN(S(=O)(=O)c3c(C)noc3C)CC2)c(OC)c1OC. The quantitative estimate of drug-likeness (QED) is 0.506. The number of carbonyl (C=O) groups excluding carboxylic acids is 1. The number of amides is 1. The highest BCUT2D eigenvalue weighted by Gasteiger charge is 2.34. The molecular weight excluding hydrogens is 464 g/mol. The number of hydrogen-bond donors (Lipinski definition) is 0. The van der Waals surface area contributed by atoms with Gasteiger partial charge in [0.25, 0.3) is 0 Å². The van der Waals surface area contributed by atoms with Gasteiger partial charge in [0, 0.05) is 38.3 Å².